The fourth-order valence-electron chi connectivity index (χ4n) is 1.29. The molecule has 6 heteroatoms. The Hall–Kier alpha value is -1.01. The summed E-state index contributed by atoms with van der Waals surface area (Å²) in [6, 6.07) is 1.86. The zero-order valence-electron chi connectivity index (χ0n) is 8.99. The molecule has 0 radical (unpaired) electrons. The number of anilines is 1. The molecule has 84 valence electrons. The summed E-state index contributed by atoms with van der Waals surface area (Å²) in [6.07, 6.45) is 0. The van der Waals surface area contributed by atoms with E-state index >= 15 is 0 Å². The molecule has 1 N–H and O–H groups in total. The molecule has 0 unspecified atom stereocenters. The highest BCUT2D eigenvalue weighted by Crippen LogP contribution is 2.16. The first-order valence-corrected chi connectivity index (χ1v) is 6.46. The van der Waals surface area contributed by atoms with Gasteiger partial charge in [0.2, 0.25) is 0 Å². The van der Waals surface area contributed by atoms with Crippen LogP contribution in [0.1, 0.15) is 16.4 Å². The molecule has 0 aliphatic carbocycles. The van der Waals surface area contributed by atoms with Gasteiger partial charge in [0.05, 0.1) is 17.7 Å². The molecular weight excluding hydrogens is 288 g/mol. The molecule has 0 saturated carbocycles. The van der Waals surface area contributed by atoms with Gasteiger partial charge in [-0.2, -0.15) is 0 Å². The highest BCUT2D eigenvalue weighted by Gasteiger charge is 2.03. The number of aromatic nitrogens is 3. The van der Waals surface area contributed by atoms with Crippen LogP contribution in [0.4, 0.5) is 5.82 Å². The topological polar surface area (TPSA) is 50.7 Å². The summed E-state index contributed by atoms with van der Waals surface area (Å²) in [7, 11) is 0. The number of halogens is 1. The van der Waals surface area contributed by atoms with Gasteiger partial charge in [0.25, 0.3) is 0 Å². The third-order valence-electron chi connectivity index (χ3n) is 2.08. The second-order valence-electron chi connectivity index (χ2n) is 3.34. The molecule has 2 heterocycles. The lowest BCUT2D eigenvalue weighted by Crippen LogP contribution is -2.03. The van der Waals surface area contributed by atoms with Crippen LogP contribution in [-0.2, 0) is 6.54 Å². The summed E-state index contributed by atoms with van der Waals surface area (Å²) >= 11 is 4.99. The minimum Gasteiger partial charge on any atom is -0.365 e. The smallest absolute Gasteiger partial charge is 0.131 e. The first-order valence-electron chi connectivity index (χ1n) is 4.79. The molecular formula is C10H11BrN4S. The normalized spacial score (nSPS) is 10.4. The number of rotatable bonds is 3. The average Bonchev–Trinajstić information content (AvgIpc) is 2.59. The molecule has 0 amide bonds. The highest BCUT2D eigenvalue weighted by atomic mass is 79.9. The monoisotopic (exact) mass is 298 g/mol. The number of nitrogens with zero attached hydrogens (tertiary/aromatic N) is 3. The third kappa shape index (κ3) is 2.76. The molecule has 2 aromatic heterocycles. The van der Waals surface area contributed by atoms with Crippen LogP contribution in [0, 0.1) is 13.8 Å². The Bertz CT molecular complexity index is 477. The lowest BCUT2D eigenvalue weighted by atomic mass is 10.4. The van der Waals surface area contributed by atoms with Crippen LogP contribution in [-0.4, -0.2) is 15.0 Å². The van der Waals surface area contributed by atoms with Gasteiger partial charge in [-0.25, -0.2) is 15.0 Å². The van der Waals surface area contributed by atoms with Crippen molar-refractivity contribution >= 4 is 33.1 Å². The van der Waals surface area contributed by atoms with Crippen LogP contribution in [0.3, 0.4) is 0 Å². The van der Waals surface area contributed by atoms with Crippen molar-refractivity contribution in [3.8, 4) is 0 Å². The number of nitrogens with one attached hydrogen (secondary N) is 1. The maximum atomic E-state index is 4.30. The van der Waals surface area contributed by atoms with E-state index in [0.717, 1.165) is 28.5 Å². The van der Waals surface area contributed by atoms with Crippen molar-refractivity contribution in [2.45, 2.75) is 20.4 Å². The van der Waals surface area contributed by atoms with Crippen LogP contribution < -0.4 is 5.32 Å². The fraction of sp³-hybridized carbons (Fsp3) is 0.300. The van der Waals surface area contributed by atoms with E-state index < -0.39 is 0 Å². The standard InChI is InChI=1S/C10H11BrN4S/c1-6-8(16-5-13-6)4-12-10-3-9(11)14-7(2)15-10/h3,5H,4H2,1-2H3,(H,12,14,15). The van der Waals surface area contributed by atoms with Crippen LogP contribution in [0.5, 0.6) is 0 Å². The number of thiazole rings is 1. The molecule has 2 aromatic rings. The zero-order valence-corrected chi connectivity index (χ0v) is 11.4. The van der Waals surface area contributed by atoms with E-state index in [0.29, 0.717) is 0 Å². The molecule has 4 nitrogen and oxygen atoms in total. The Balaban J connectivity index is 2.07. The highest BCUT2D eigenvalue weighted by molar-refractivity contribution is 9.10. The molecule has 16 heavy (non-hydrogen) atoms. The molecule has 0 aliphatic heterocycles. The van der Waals surface area contributed by atoms with E-state index in [1.165, 1.54) is 4.88 Å². The molecule has 0 saturated heterocycles. The molecule has 0 bridgehead atoms. The van der Waals surface area contributed by atoms with Crippen molar-refractivity contribution in [2.24, 2.45) is 0 Å². The van der Waals surface area contributed by atoms with E-state index in [1.807, 2.05) is 25.4 Å². The van der Waals surface area contributed by atoms with Gasteiger partial charge in [-0.3, -0.25) is 0 Å². The average molecular weight is 299 g/mol. The lowest BCUT2D eigenvalue weighted by Gasteiger charge is -2.05. The quantitative estimate of drug-likeness (QED) is 0.885. The van der Waals surface area contributed by atoms with Crippen LogP contribution in [0.15, 0.2) is 16.2 Å². The predicted molar refractivity (Wildman–Crippen MR) is 68.6 cm³/mol. The van der Waals surface area contributed by atoms with Gasteiger partial charge in [-0.15, -0.1) is 11.3 Å². The molecule has 0 fully saturated rings. The van der Waals surface area contributed by atoms with Gasteiger partial charge in [0.1, 0.15) is 16.2 Å². The Morgan fingerprint density at radius 2 is 2.19 bits per heavy atom. The van der Waals surface area contributed by atoms with Crippen molar-refractivity contribution in [2.75, 3.05) is 5.32 Å². The SMILES string of the molecule is Cc1nc(Br)cc(NCc2scnc2C)n1. The minimum atomic E-state index is 0.748. The molecule has 0 spiro atoms. The first-order chi connectivity index (χ1) is 7.65. The summed E-state index contributed by atoms with van der Waals surface area (Å²) in [4.78, 5) is 13.9. The molecule has 0 atom stereocenters. The van der Waals surface area contributed by atoms with Crippen molar-refractivity contribution < 1.29 is 0 Å². The van der Waals surface area contributed by atoms with E-state index in [9.17, 15) is 0 Å². The van der Waals surface area contributed by atoms with Crippen molar-refractivity contribution in [3.05, 3.63) is 32.6 Å². The van der Waals surface area contributed by atoms with Gasteiger partial charge >= 0.3 is 0 Å². The molecule has 0 aliphatic rings. The Labute approximate surface area is 106 Å². The Morgan fingerprint density at radius 1 is 1.38 bits per heavy atom. The lowest BCUT2D eigenvalue weighted by molar-refractivity contribution is 1.01. The van der Waals surface area contributed by atoms with E-state index in [-0.39, 0.29) is 0 Å². The number of hydrogen-bond donors (Lipinski definition) is 1. The third-order valence-corrected chi connectivity index (χ3v) is 3.42. The predicted octanol–water partition coefficient (Wildman–Crippen LogP) is 2.92. The second kappa shape index (κ2) is 4.88. The van der Waals surface area contributed by atoms with E-state index in [4.69, 9.17) is 0 Å². The van der Waals surface area contributed by atoms with Crippen LogP contribution >= 0.6 is 27.3 Å². The van der Waals surface area contributed by atoms with Crippen molar-refractivity contribution in [1.29, 1.82) is 0 Å². The van der Waals surface area contributed by atoms with Gasteiger partial charge in [-0.1, -0.05) is 0 Å². The summed E-state index contributed by atoms with van der Waals surface area (Å²) in [6.45, 7) is 4.63. The fourth-order valence-corrected chi connectivity index (χ4v) is 2.48. The minimum absolute atomic E-state index is 0.748. The zero-order chi connectivity index (χ0) is 11.5. The van der Waals surface area contributed by atoms with Gasteiger partial charge in [0.15, 0.2) is 0 Å². The first kappa shape index (κ1) is 11.5. The second-order valence-corrected chi connectivity index (χ2v) is 5.09. The molecule has 0 aromatic carbocycles. The van der Waals surface area contributed by atoms with E-state index in [2.05, 4.69) is 36.2 Å². The summed E-state index contributed by atoms with van der Waals surface area (Å²) < 4.78 is 0.795. The largest absolute Gasteiger partial charge is 0.365 e. The van der Waals surface area contributed by atoms with Crippen molar-refractivity contribution in [1.82, 2.24) is 15.0 Å². The van der Waals surface area contributed by atoms with Crippen LogP contribution in [0.25, 0.3) is 0 Å². The maximum absolute atomic E-state index is 4.30. The van der Waals surface area contributed by atoms with Gasteiger partial charge in [-0.05, 0) is 29.8 Å². The van der Waals surface area contributed by atoms with Gasteiger partial charge < -0.3 is 5.32 Å². The molecule has 2 rings (SSSR count). The Kier molecular flexibility index (Phi) is 3.50. The van der Waals surface area contributed by atoms with E-state index in [1.54, 1.807) is 11.3 Å². The summed E-state index contributed by atoms with van der Waals surface area (Å²) in [5.74, 6) is 1.57. The number of hydrogen-bond acceptors (Lipinski definition) is 5. The van der Waals surface area contributed by atoms with Gasteiger partial charge in [0, 0.05) is 10.9 Å². The van der Waals surface area contributed by atoms with Crippen LogP contribution in [0.2, 0.25) is 0 Å². The summed E-state index contributed by atoms with van der Waals surface area (Å²) in [5, 5.41) is 3.26. The Morgan fingerprint density at radius 3 is 2.81 bits per heavy atom. The summed E-state index contributed by atoms with van der Waals surface area (Å²) in [5.41, 5.74) is 2.93. The van der Waals surface area contributed by atoms with Crippen molar-refractivity contribution in [3.63, 3.8) is 0 Å². The number of aryl methyl sites for hydroxylation is 2. The maximum Gasteiger partial charge on any atom is 0.131 e.